The maximum atomic E-state index is 12.4. The minimum atomic E-state index is -3.58. The van der Waals surface area contributed by atoms with E-state index in [4.69, 9.17) is 9.47 Å². The van der Waals surface area contributed by atoms with Crippen molar-refractivity contribution in [2.75, 3.05) is 44.0 Å². The first-order valence-corrected chi connectivity index (χ1v) is 9.66. The lowest BCUT2D eigenvalue weighted by atomic mass is 10.2. The summed E-state index contributed by atoms with van der Waals surface area (Å²) < 4.78 is 37.5. The van der Waals surface area contributed by atoms with Crippen LogP contribution in [0.3, 0.4) is 0 Å². The van der Waals surface area contributed by atoms with Gasteiger partial charge in [0.2, 0.25) is 0 Å². The Kier molecular flexibility index (Phi) is 5.24. The van der Waals surface area contributed by atoms with Crippen molar-refractivity contribution in [1.82, 2.24) is 4.31 Å². The van der Waals surface area contributed by atoms with Gasteiger partial charge in [0.05, 0.1) is 5.69 Å². The SMILES string of the molecule is CN(C)S(=O)(=O)N(C)c1ccc(C(=O)Nc2ccc3c(c2)OCCO3)cc1. The third-order valence-electron chi connectivity index (χ3n) is 4.10. The van der Waals surface area contributed by atoms with Gasteiger partial charge in [-0.05, 0) is 36.4 Å². The number of benzene rings is 2. The fourth-order valence-electron chi connectivity index (χ4n) is 2.53. The summed E-state index contributed by atoms with van der Waals surface area (Å²) in [7, 11) is 0.796. The number of nitrogens with zero attached hydrogens (tertiary/aromatic N) is 2. The van der Waals surface area contributed by atoms with E-state index in [0.717, 1.165) is 8.61 Å². The highest BCUT2D eigenvalue weighted by molar-refractivity contribution is 7.90. The van der Waals surface area contributed by atoms with E-state index in [1.54, 1.807) is 42.5 Å². The number of hydrogen-bond donors (Lipinski definition) is 1. The van der Waals surface area contributed by atoms with Crippen molar-refractivity contribution in [2.24, 2.45) is 0 Å². The lowest BCUT2D eigenvalue weighted by molar-refractivity contribution is 0.102. The zero-order valence-electron chi connectivity index (χ0n) is 15.3. The van der Waals surface area contributed by atoms with E-state index in [0.29, 0.717) is 41.7 Å². The molecule has 27 heavy (non-hydrogen) atoms. The van der Waals surface area contributed by atoms with Crippen LogP contribution in [0.15, 0.2) is 42.5 Å². The normalized spacial score (nSPS) is 13.3. The van der Waals surface area contributed by atoms with Crippen molar-refractivity contribution >= 4 is 27.5 Å². The molecule has 2 aromatic rings. The molecule has 0 fully saturated rings. The molecule has 0 aliphatic carbocycles. The molecule has 8 nitrogen and oxygen atoms in total. The summed E-state index contributed by atoms with van der Waals surface area (Å²) in [6.45, 7) is 0.971. The number of carbonyl (C=O) groups excluding carboxylic acids is 1. The number of anilines is 2. The van der Waals surface area contributed by atoms with E-state index in [2.05, 4.69) is 5.32 Å². The number of nitrogens with one attached hydrogen (secondary N) is 1. The Morgan fingerprint density at radius 3 is 2.22 bits per heavy atom. The molecule has 1 aliphatic heterocycles. The van der Waals surface area contributed by atoms with Crippen molar-refractivity contribution in [3.8, 4) is 11.5 Å². The van der Waals surface area contributed by atoms with E-state index in [9.17, 15) is 13.2 Å². The van der Waals surface area contributed by atoms with Crippen LogP contribution in [0.2, 0.25) is 0 Å². The first-order valence-electron chi connectivity index (χ1n) is 8.26. The van der Waals surface area contributed by atoms with Crippen molar-refractivity contribution in [1.29, 1.82) is 0 Å². The number of fused-ring (bicyclic) bond motifs is 1. The Labute approximate surface area is 158 Å². The molecule has 2 aromatic carbocycles. The van der Waals surface area contributed by atoms with E-state index >= 15 is 0 Å². The molecule has 0 radical (unpaired) electrons. The van der Waals surface area contributed by atoms with Gasteiger partial charge < -0.3 is 14.8 Å². The second-order valence-electron chi connectivity index (χ2n) is 6.12. The van der Waals surface area contributed by atoms with Gasteiger partial charge in [-0.1, -0.05) is 0 Å². The van der Waals surface area contributed by atoms with Crippen LogP contribution in [-0.4, -0.2) is 53.0 Å². The predicted molar refractivity (Wildman–Crippen MR) is 103 cm³/mol. The molecular weight excluding hydrogens is 370 g/mol. The van der Waals surface area contributed by atoms with E-state index in [1.807, 2.05) is 0 Å². The molecule has 0 bridgehead atoms. The quantitative estimate of drug-likeness (QED) is 0.842. The summed E-state index contributed by atoms with van der Waals surface area (Å²) in [5.74, 6) is 0.926. The Bertz CT molecular complexity index is 942. The first-order chi connectivity index (χ1) is 12.8. The van der Waals surface area contributed by atoms with Crippen molar-refractivity contribution in [2.45, 2.75) is 0 Å². The summed E-state index contributed by atoms with van der Waals surface area (Å²) >= 11 is 0. The molecule has 0 aromatic heterocycles. The highest BCUT2D eigenvalue weighted by atomic mass is 32.2. The minimum absolute atomic E-state index is 0.309. The van der Waals surface area contributed by atoms with Gasteiger partial charge in [-0.2, -0.15) is 12.7 Å². The summed E-state index contributed by atoms with van der Waals surface area (Å²) in [4.78, 5) is 12.4. The molecule has 1 heterocycles. The Morgan fingerprint density at radius 2 is 1.59 bits per heavy atom. The van der Waals surface area contributed by atoms with Gasteiger partial charge in [-0.15, -0.1) is 0 Å². The molecule has 1 amide bonds. The number of hydrogen-bond acceptors (Lipinski definition) is 5. The third kappa shape index (κ3) is 3.99. The molecule has 0 spiro atoms. The average molecular weight is 391 g/mol. The lowest BCUT2D eigenvalue weighted by Crippen LogP contribution is -2.37. The standard InChI is InChI=1S/C18H21N3O5S/c1-20(2)27(23,24)21(3)15-7-4-13(5-8-15)18(22)19-14-6-9-16-17(12-14)26-11-10-25-16/h4-9,12H,10-11H2,1-3H3,(H,19,22). The van der Waals surface area contributed by atoms with Gasteiger partial charge in [-0.25, -0.2) is 0 Å². The van der Waals surface area contributed by atoms with Gasteiger partial charge in [0, 0.05) is 38.5 Å². The smallest absolute Gasteiger partial charge is 0.303 e. The summed E-state index contributed by atoms with van der Waals surface area (Å²) in [6, 6.07) is 11.5. The lowest BCUT2D eigenvalue weighted by Gasteiger charge is -2.23. The molecule has 1 aliphatic rings. The summed E-state index contributed by atoms with van der Waals surface area (Å²) in [5, 5.41) is 2.79. The van der Waals surface area contributed by atoms with Crippen LogP contribution in [0.1, 0.15) is 10.4 Å². The monoisotopic (exact) mass is 391 g/mol. The molecule has 0 atom stereocenters. The highest BCUT2D eigenvalue weighted by Gasteiger charge is 2.21. The van der Waals surface area contributed by atoms with Crippen molar-refractivity contribution < 1.29 is 22.7 Å². The minimum Gasteiger partial charge on any atom is -0.486 e. The Hall–Kier alpha value is -2.78. The van der Waals surface area contributed by atoms with E-state index in [-0.39, 0.29) is 5.91 Å². The van der Waals surface area contributed by atoms with Gasteiger partial charge in [-0.3, -0.25) is 9.10 Å². The van der Waals surface area contributed by atoms with Crippen LogP contribution in [-0.2, 0) is 10.2 Å². The molecule has 3 rings (SSSR count). The van der Waals surface area contributed by atoms with E-state index in [1.165, 1.54) is 21.1 Å². The second-order valence-corrected chi connectivity index (χ2v) is 8.29. The molecule has 1 N–H and O–H groups in total. The number of amides is 1. The molecular formula is C18H21N3O5S. The average Bonchev–Trinajstić information content (AvgIpc) is 2.67. The van der Waals surface area contributed by atoms with Gasteiger partial charge >= 0.3 is 10.2 Å². The van der Waals surface area contributed by atoms with Gasteiger partial charge in [0.1, 0.15) is 13.2 Å². The zero-order valence-corrected chi connectivity index (χ0v) is 16.1. The zero-order chi connectivity index (χ0) is 19.6. The summed E-state index contributed by atoms with van der Waals surface area (Å²) in [6.07, 6.45) is 0. The van der Waals surface area contributed by atoms with Crippen LogP contribution < -0.4 is 19.1 Å². The predicted octanol–water partition coefficient (Wildman–Crippen LogP) is 1.95. The second kappa shape index (κ2) is 7.45. The maximum absolute atomic E-state index is 12.4. The summed E-state index contributed by atoms with van der Waals surface area (Å²) in [5.41, 5.74) is 1.45. The fourth-order valence-corrected chi connectivity index (χ4v) is 3.40. The molecule has 9 heteroatoms. The molecule has 0 saturated heterocycles. The van der Waals surface area contributed by atoms with Crippen LogP contribution >= 0.6 is 0 Å². The molecule has 144 valence electrons. The topological polar surface area (TPSA) is 88.2 Å². The van der Waals surface area contributed by atoms with Crippen LogP contribution in [0.25, 0.3) is 0 Å². The van der Waals surface area contributed by atoms with Crippen LogP contribution in [0, 0.1) is 0 Å². The van der Waals surface area contributed by atoms with E-state index < -0.39 is 10.2 Å². The Balaban J connectivity index is 1.73. The van der Waals surface area contributed by atoms with Gasteiger partial charge in [0.15, 0.2) is 11.5 Å². The molecule has 0 saturated carbocycles. The fraction of sp³-hybridized carbons (Fsp3) is 0.278. The highest BCUT2D eigenvalue weighted by Crippen LogP contribution is 2.32. The van der Waals surface area contributed by atoms with Gasteiger partial charge in [0.25, 0.3) is 5.91 Å². The number of rotatable bonds is 5. The number of ether oxygens (including phenoxy) is 2. The third-order valence-corrected chi connectivity index (χ3v) is 5.93. The van der Waals surface area contributed by atoms with Crippen molar-refractivity contribution in [3.05, 3.63) is 48.0 Å². The maximum Gasteiger partial charge on any atom is 0.303 e. The first kappa shape index (κ1) is 19.0. The van der Waals surface area contributed by atoms with Crippen LogP contribution in [0.4, 0.5) is 11.4 Å². The number of carbonyl (C=O) groups is 1. The molecule has 0 unspecified atom stereocenters. The Morgan fingerprint density at radius 1 is 0.963 bits per heavy atom. The van der Waals surface area contributed by atoms with Crippen LogP contribution in [0.5, 0.6) is 11.5 Å². The van der Waals surface area contributed by atoms with Crippen molar-refractivity contribution in [3.63, 3.8) is 0 Å². The largest absolute Gasteiger partial charge is 0.486 e.